The lowest BCUT2D eigenvalue weighted by Gasteiger charge is -2.15. The summed E-state index contributed by atoms with van der Waals surface area (Å²) in [5, 5.41) is 9.73. The van der Waals surface area contributed by atoms with E-state index in [1.54, 1.807) is 18.2 Å². The summed E-state index contributed by atoms with van der Waals surface area (Å²) in [6.07, 6.45) is 2.88. The number of nitriles is 1. The third-order valence-electron chi connectivity index (χ3n) is 4.47. The molecule has 1 unspecified atom stereocenters. The molecule has 2 aromatic heterocycles. The second-order valence-electron chi connectivity index (χ2n) is 6.12. The Morgan fingerprint density at radius 3 is 2.76 bits per heavy atom. The van der Waals surface area contributed by atoms with E-state index in [9.17, 15) is 9.18 Å². The maximum absolute atomic E-state index is 13.3. The molecule has 1 fully saturated rings. The fourth-order valence-corrected chi connectivity index (χ4v) is 3.13. The molecule has 4 rings (SSSR count). The van der Waals surface area contributed by atoms with E-state index in [2.05, 4.69) is 11.1 Å². The Bertz CT molecular complexity index is 987. The van der Waals surface area contributed by atoms with Gasteiger partial charge in [0.15, 0.2) is 0 Å². The predicted octanol–water partition coefficient (Wildman–Crippen LogP) is 3.08. The Kier molecular flexibility index (Phi) is 3.69. The van der Waals surface area contributed by atoms with Gasteiger partial charge in [-0.15, -0.1) is 0 Å². The molecule has 1 aliphatic heterocycles. The summed E-state index contributed by atoms with van der Waals surface area (Å²) < 4.78 is 15.2. The summed E-state index contributed by atoms with van der Waals surface area (Å²) in [7, 11) is 0. The number of pyridine rings is 1. The highest BCUT2D eigenvalue weighted by Crippen LogP contribution is 2.22. The van der Waals surface area contributed by atoms with Crippen LogP contribution in [0.15, 0.2) is 48.8 Å². The molecule has 1 atom stereocenters. The third-order valence-corrected chi connectivity index (χ3v) is 4.47. The minimum atomic E-state index is -0.932. The van der Waals surface area contributed by atoms with Crippen LogP contribution in [-0.2, 0) is 0 Å². The van der Waals surface area contributed by atoms with Gasteiger partial charge in [-0.3, -0.25) is 4.79 Å². The zero-order chi connectivity index (χ0) is 17.4. The quantitative estimate of drug-likeness (QED) is 0.723. The summed E-state index contributed by atoms with van der Waals surface area (Å²) in [6, 6.07) is 13.0. The first kappa shape index (κ1) is 15.3. The number of aromatic nitrogens is 2. The van der Waals surface area contributed by atoms with Crippen molar-refractivity contribution in [3.8, 4) is 11.8 Å². The van der Waals surface area contributed by atoms with Crippen LogP contribution in [0.4, 0.5) is 4.39 Å². The summed E-state index contributed by atoms with van der Waals surface area (Å²) in [5.41, 5.74) is 2.68. The molecule has 25 heavy (non-hydrogen) atoms. The van der Waals surface area contributed by atoms with E-state index >= 15 is 0 Å². The molecule has 0 saturated carbocycles. The van der Waals surface area contributed by atoms with Crippen molar-refractivity contribution in [1.29, 1.82) is 5.26 Å². The van der Waals surface area contributed by atoms with E-state index in [1.807, 2.05) is 29.0 Å². The number of alkyl halides is 1. The summed E-state index contributed by atoms with van der Waals surface area (Å²) in [4.78, 5) is 18.4. The van der Waals surface area contributed by atoms with Gasteiger partial charge in [-0.05, 0) is 42.8 Å². The molecule has 124 valence electrons. The van der Waals surface area contributed by atoms with Crippen LogP contribution in [-0.4, -0.2) is 39.6 Å². The molecule has 6 heteroatoms. The van der Waals surface area contributed by atoms with Crippen molar-refractivity contribution in [3.05, 3.63) is 59.9 Å². The Balaban J connectivity index is 1.67. The highest BCUT2D eigenvalue weighted by molar-refractivity contribution is 5.97. The number of hydrogen-bond acceptors (Lipinski definition) is 3. The number of carbonyl (C=O) groups is 1. The Morgan fingerprint density at radius 2 is 2.08 bits per heavy atom. The smallest absolute Gasteiger partial charge is 0.255 e. The largest absolute Gasteiger partial charge is 0.336 e. The van der Waals surface area contributed by atoms with Crippen molar-refractivity contribution in [3.63, 3.8) is 0 Å². The fourth-order valence-electron chi connectivity index (χ4n) is 3.13. The van der Waals surface area contributed by atoms with Crippen LogP contribution in [0.3, 0.4) is 0 Å². The second-order valence-corrected chi connectivity index (χ2v) is 6.12. The molecular formula is C19H15FN4O. The molecule has 1 amide bonds. The van der Waals surface area contributed by atoms with Gasteiger partial charge in [0, 0.05) is 30.0 Å². The number of benzene rings is 1. The number of amides is 1. The lowest BCUT2D eigenvalue weighted by molar-refractivity contribution is 0.0782. The molecule has 0 N–H and O–H groups in total. The Morgan fingerprint density at radius 1 is 1.28 bits per heavy atom. The van der Waals surface area contributed by atoms with Crippen LogP contribution in [0.2, 0.25) is 0 Å². The van der Waals surface area contributed by atoms with E-state index in [0.717, 1.165) is 16.7 Å². The average molecular weight is 334 g/mol. The van der Waals surface area contributed by atoms with Gasteiger partial charge in [-0.25, -0.2) is 9.37 Å². The first-order valence-electron chi connectivity index (χ1n) is 8.07. The molecule has 0 radical (unpaired) electrons. The number of rotatable bonds is 2. The van der Waals surface area contributed by atoms with Crippen LogP contribution in [0.5, 0.6) is 0 Å². The van der Waals surface area contributed by atoms with Crippen LogP contribution in [0.1, 0.15) is 22.3 Å². The van der Waals surface area contributed by atoms with Gasteiger partial charge in [0.05, 0.1) is 23.7 Å². The standard InChI is InChI=1S/C19H15FN4O/c20-16-6-7-23(12-16)19(25)15-9-14-5-8-24(18(14)22-11-15)17-3-1-13(10-21)2-4-17/h1-5,8-9,11,16H,6-7,12H2. The molecule has 5 nitrogen and oxygen atoms in total. The van der Waals surface area contributed by atoms with E-state index in [0.29, 0.717) is 24.1 Å². The summed E-state index contributed by atoms with van der Waals surface area (Å²) in [6.45, 7) is 0.605. The molecule has 3 heterocycles. The molecule has 0 spiro atoms. The second kappa shape index (κ2) is 6.02. The number of likely N-dealkylation sites (tertiary alicyclic amines) is 1. The van der Waals surface area contributed by atoms with Crippen molar-refractivity contribution in [2.75, 3.05) is 13.1 Å². The van der Waals surface area contributed by atoms with E-state index in [4.69, 9.17) is 5.26 Å². The SMILES string of the molecule is N#Cc1ccc(-n2ccc3cc(C(=O)N4CCC(F)C4)cnc32)cc1. The van der Waals surface area contributed by atoms with Gasteiger partial charge in [0.1, 0.15) is 11.8 Å². The number of halogens is 1. The van der Waals surface area contributed by atoms with Gasteiger partial charge in [0.25, 0.3) is 5.91 Å². The van der Waals surface area contributed by atoms with Crippen molar-refractivity contribution in [2.45, 2.75) is 12.6 Å². The van der Waals surface area contributed by atoms with E-state index in [-0.39, 0.29) is 12.5 Å². The highest BCUT2D eigenvalue weighted by atomic mass is 19.1. The zero-order valence-corrected chi connectivity index (χ0v) is 13.4. The number of hydrogen-bond donors (Lipinski definition) is 0. The van der Waals surface area contributed by atoms with Crippen molar-refractivity contribution >= 4 is 16.9 Å². The van der Waals surface area contributed by atoms with Gasteiger partial charge >= 0.3 is 0 Å². The van der Waals surface area contributed by atoms with Crippen molar-refractivity contribution in [1.82, 2.24) is 14.5 Å². The van der Waals surface area contributed by atoms with Gasteiger partial charge in [-0.2, -0.15) is 5.26 Å². The normalized spacial score (nSPS) is 17.0. The first-order chi connectivity index (χ1) is 12.2. The molecular weight excluding hydrogens is 319 g/mol. The molecule has 0 aliphatic carbocycles. The minimum absolute atomic E-state index is 0.156. The van der Waals surface area contributed by atoms with E-state index in [1.165, 1.54) is 11.1 Å². The average Bonchev–Trinajstić information content (AvgIpc) is 3.27. The predicted molar refractivity (Wildman–Crippen MR) is 91.2 cm³/mol. The van der Waals surface area contributed by atoms with Gasteiger partial charge < -0.3 is 9.47 Å². The number of fused-ring (bicyclic) bond motifs is 1. The zero-order valence-electron chi connectivity index (χ0n) is 13.4. The van der Waals surface area contributed by atoms with Crippen LogP contribution >= 0.6 is 0 Å². The molecule has 1 saturated heterocycles. The summed E-state index contributed by atoms with van der Waals surface area (Å²) >= 11 is 0. The van der Waals surface area contributed by atoms with Gasteiger partial charge in [-0.1, -0.05) is 0 Å². The maximum atomic E-state index is 13.3. The Labute approximate surface area is 143 Å². The topological polar surface area (TPSA) is 61.9 Å². The van der Waals surface area contributed by atoms with Crippen LogP contribution in [0, 0.1) is 11.3 Å². The number of carbonyl (C=O) groups excluding carboxylic acids is 1. The van der Waals surface area contributed by atoms with Gasteiger partial charge in [0.2, 0.25) is 0 Å². The first-order valence-corrected chi connectivity index (χ1v) is 8.07. The van der Waals surface area contributed by atoms with Crippen molar-refractivity contribution in [2.24, 2.45) is 0 Å². The monoisotopic (exact) mass is 334 g/mol. The highest BCUT2D eigenvalue weighted by Gasteiger charge is 2.27. The molecule has 1 aliphatic rings. The third kappa shape index (κ3) is 2.74. The van der Waals surface area contributed by atoms with Crippen LogP contribution < -0.4 is 0 Å². The fraction of sp³-hybridized carbons (Fsp3) is 0.211. The lowest BCUT2D eigenvalue weighted by Crippen LogP contribution is -2.29. The Hall–Kier alpha value is -3.20. The minimum Gasteiger partial charge on any atom is -0.336 e. The summed E-state index contributed by atoms with van der Waals surface area (Å²) in [5.74, 6) is -0.180. The maximum Gasteiger partial charge on any atom is 0.255 e. The molecule has 0 bridgehead atoms. The van der Waals surface area contributed by atoms with E-state index < -0.39 is 6.17 Å². The number of nitrogens with zero attached hydrogens (tertiary/aromatic N) is 4. The van der Waals surface area contributed by atoms with Crippen LogP contribution in [0.25, 0.3) is 16.7 Å². The molecule has 1 aromatic carbocycles. The molecule has 3 aromatic rings. The van der Waals surface area contributed by atoms with Crippen molar-refractivity contribution < 1.29 is 9.18 Å². The lowest BCUT2D eigenvalue weighted by atomic mass is 10.2.